The van der Waals surface area contributed by atoms with Gasteiger partial charge in [0.1, 0.15) is 17.5 Å². The van der Waals surface area contributed by atoms with Crippen LogP contribution in [0, 0.1) is 17.5 Å². The van der Waals surface area contributed by atoms with Gasteiger partial charge in [0, 0.05) is 19.2 Å². The third kappa shape index (κ3) is 5.59. The molecule has 0 radical (unpaired) electrons. The van der Waals surface area contributed by atoms with Crippen LogP contribution in [0.3, 0.4) is 0 Å². The fourth-order valence-electron chi connectivity index (χ4n) is 3.46. The molecule has 1 aliphatic heterocycles. The Bertz CT molecular complexity index is 894. The second kappa shape index (κ2) is 9.58. The number of hydrogen-bond donors (Lipinski definition) is 1. The minimum absolute atomic E-state index is 0.177. The average Bonchev–Trinajstić information content (AvgIpc) is 2.63. The maximum absolute atomic E-state index is 14.3. The summed E-state index contributed by atoms with van der Waals surface area (Å²) in [5.41, 5.74) is -0.127. The van der Waals surface area contributed by atoms with Crippen LogP contribution in [0.1, 0.15) is 48.0 Å². The molecule has 7 heteroatoms. The van der Waals surface area contributed by atoms with E-state index in [0.29, 0.717) is 24.7 Å². The number of amides is 2. The predicted molar refractivity (Wildman–Crippen MR) is 104 cm³/mol. The van der Waals surface area contributed by atoms with Crippen LogP contribution in [-0.2, 0) is 11.2 Å². The van der Waals surface area contributed by atoms with E-state index < -0.39 is 29.3 Å². The predicted octanol–water partition coefficient (Wildman–Crippen LogP) is 4.69. The molecular formula is C22H23F3N2O2. The standard InChI is InChI=1S/C22H23F3N2O2/c23-16-8-6-7-15(11-16)12-21(28)26-20-13-17(18(24)14-19(20)25)22(29)27-9-4-2-1-3-5-10-27/h6-8,11,13-14H,1-5,9-10,12H2,(H,26,28). The third-order valence-electron chi connectivity index (χ3n) is 4.96. The lowest BCUT2D eigenvalue weighted by Crippen LogP contribution is -2.34. The number of likely N-dealkylation sites (tertiary alicyclic amines) is 1. The highest BCUT2D eigenvalue weighted by atomic mass is 19.1. The molecule has 1 saturated heterocycles. The fraction of sp³-hybridized carbons (Fsp3) is 0.364. The molecule has 2 amide bonds. The molecule has 3 rings (SSSR count). The SMILES string of the molecule is O=C(Cc1cccc(F)c1)Nc1cc(C(=O)N2CCCCCCC2)c(F)cc1F. The van der Waals surface area contributed by atoms with E-state index in [4.69, 9.17) is 0 Å². The summed E-state index contributed by atoms with van der Waals surface area (Å²) in [5.74, 6) is -3.52. The minimum Gasteiger partial charge on any atom is -0.339 e. The molecule has 0 aromatic heterocycles. The normalized spacial score (nSPS) is 14.8. The zero-order valence-corrected chi connectivity index (χ0v) is 16.0. The van der Waals surface area contributed by atoms with Crippen molar-refractivity contribution < 1.29 is 22.8 Å². The monoisotopic (exact) mass is 404 g/mol. The molecule has 0 aliphatic carbocycles. The van der Waals surface area contributed by atoms with Crippen molar-refractivity contribution in [3.63, 3.8) is 0 Å². The second-order valence-corrected chi connectivity index (χ2v) is 7.23. The molecule has 2 aromatic rings. The van der Waals surface area contributed by atoms with E-state index in [2.05, 4.69) is 5.32 Å². The molecule has 0 unspecified atom stereocenters. The maximum Gasteiger partial charge on any atom is 0.256 e. The first kappa shape index (κ1) is 20.9. The van der Waals surface area contributed by atoms with Crippen LogP contribution < -0.4 is 5.32 Å². The number of carbonyl (C=O) groups excluding carboxylic acids is 2. The molecule has 0 atom stereocenters. The number of halogens is 3. The van der Waals surface area contributed by atoms with Gasteiger partial charge < -0.3 is 10.2 Å². The lowest BCUT2D eigenvalue weighted by molar-refractivity contribution is -0.115. The molecule has 1 heterocycles. The van der Waals surface area contributed by atoms with Gasteiger partial charge in [0.2, 0.25) is 5.91 Å². The van der Waals surface area contributed by atoms with Crippen LogP contribution in [0.5, 0.6) is 0 Å². The number of benzene rings is 2. The van der Waals surface area contributed by atoms with Crippen molar-refractivity contribution in [1.82, 2.24) is 4.90 Å². The van der Waals surface area contributed by atoms with E-state index in [0.717, 1.165) is 38.2 Å². The van der Waals surface area contributed by atoms with Crippen LogP contribution in [-0.4, -0.2) is 29.8 Å². The summed E-state index contributed by atoms with van der Waals surface area (Å²) >= 11 is 0. The number of nitrogens with one attached hydrogen (secondary N) is 1. The topological polar surface area (TPSA) is 49.4 Å². The summed E-state index contributed by atoms with van der Waals surface area (Å²) in [6.07, 6.45) is 4.64. The molecule has 0 spiro atoms. The van der Waals surface area contributed by atoms with Gasteiger partial charge in [-0.05, 0) is 36.6 Å². The van der Waals surface area contributed by atoms with Crippen molar-refractivity contribution >= 4 is 17.5 Å². The summed E-state index contributed by atoms with van der Waals surface area (Å²) in [6.45, 7) is 1.05. The molecule has 1 N–H and O–H groups in total. The number of hydrogen-bond acceptors (Lipinski definition) is 2. The summed E-state index contributed by atoms with van der Waals surface area (Å²) < 4.78 is 41.7. The molecule has 4 nitrogen and oxygen atoms in total. The van der Waals surface area contributed by atoms with E-state index in [-0.39, 0.29) is 17.7 Å². The molecule has 154 valence electrons. The van der Waals surface area contributed by atoms with E-state index in [1.54, 1.807) is 11.0 Å². The molecule has 29 heavy (non-hydrogen) atoms. The van der Waals surface area contributed by atoms with E-state index in [1.165, 1.54) is 18.2 Å². The summed E-state index contributed by atoms with van der Waals surface area (Å²) in [4.78, 5) is 26.6. The van der Waals surface area contributed by atoms with E-state index in [1.807, 2.05) is 0 Å². The van der Waals surface area contributed by atoms with Gasteiger partial charge in [0.05, 0.1) is 17.7 Å². The quantitative estimate of drug-likeness (QED) is 0.804. The number of anilines is 1. The van der Waals surface area contributed by atoms with Crippen molar-refractivity contribution in [2.45, 2.75) is 38.5 Å². The van der Waals surface area contributed by atoms with Crippen molar-refractivity contribution in [1.29, 1.82) is 0 Å². The van der Waals surface area contributed by atoms with Crippen LogP contribution >= 0.6 is 0 Å². The molecule has 1 aliphatic rings. The first-order valence-electron chi connectivity index (χ1n) is 9.76. The van der Waals surface area contributed by atoms with Crippen molar-refractivity contribution in [2.24, 2.45) is 0 Å². The van der Waals surface area contributed by atoms with Crippen LogP contribution in [0.15, 0.2) is 36.4 Å². The fourth-order valence-corrected chi connectivity index (χ4v) is 3.46. The maximum atomic E-state index is 14.3. The number of nitrogens with zero attached hydrogens (tertiary/aromatic N) is 1. The number of rotatable bonds is 4. The zero-order valence-electron chi connectivity index (χ0n) is 16.0. The van der Waals surface area contributed by atoms with Gasteiger partial charge in [0.15, 0.2) is 0 Å². The summed E-state index contributed by atoms with van der Waals surface area (Å²) in [6, 6.07) is 7.14. The van der Waals surface area contributed by atoms with Crippen molar-refractivity contribution in [3.05, 3.63) is 65.0 Å². The first-order valence-corrected chi connectivity index (χ1v) is 9.76. The Hall–Kier alpha value is -2.83. The Morgan fingerprint density at radius 3 is 2.28 bits per heavy atom. The lowest BCUT2D eigenvalue weighted by Gasteiger charge is -2.25. The van der Waals surface area contributed by atoms with Gasteiger partial charge in [0.25, 0.3) is 5.91 Å². The average molecular weight is 404 g/mol. The Balaban J connectivity index is 1.75. The minimum atomic E-state index is -0.973. The van der Waals surface area contributed by atoms with Gasteiger partial charge in [-0.2, -0.15) is 0 Å². The Morgan fingerprint density at radius 1 is 0.897 bits per heavy atom. The van der Waals surface area contributed by atoms with Gasteiger partial charge in [-0.25, -0.2) is 13.2 Å². The van der Waals surface area contributed by atoms with Gasteiger partial charge >= 0.3 is 0 Å². The second-order valence-electron chi connectivity index (χ2n) is 7.23. The Morgan fingerprint density at radius 2 is 1.59 bits per heavy atom. The number of carbonyl (C=O) groups is 2. The highest BCUT2D eigenvalue weighted by Gasteiger charge is 2.22. The highest BCUT2D eigenvalue weighted by molar-refractivity contribution is 5.98. The van der Waals surface area contributed by atoms with Crippen molar-refractivity contribution in [3.8, 4) is 0 Å². The molecular weight excluding hydrogens is 381 g/mol. The Kier molecular flexibility index (Phi) is 6.90. The zero-order chi connectivity index (χ0) is 20.8. The third-order valence-corrected chi connectivity index (χ3v) is 4.96. The van der Waals surface area contributed by atoms with Crippen LogP contribution in [0.25, 0.3) is 0 Å². The molecule has 2 aromatic carbocycles. The summed E-state index contributed by atoms with van der Waals surface area (Å²) in [5, 5.41) is 2.35. The van der Waals surface area contributed by atoms with E-state index >= 15 is 0 Å². The smallest absolute Gasteiger partial charge is 0.256 e. The van der Waals surface area contributed by atoms with Gasteiger partial charge in [-0.3, -0.25) is 9.59 Å². The van der Waals surface area contributed by atoms with Crippen LogP contribution in [0.4, 0.5) is 18.9 Å². The molecule has 0 bridgehead atoms. The molecule has 1 fully saturated rings. The van der Waals surface area contributed by atoms with Gasteiger partial charge in [-0.1, -0.05) is 31.4 Å². The van der Waals surface area contributed by atoms with E-state index in [9.17, 15) is 22.8 Å². The largest absolute Gasteiger partial charge is 0.339 e. The highest BCUT2D eigenvalue weighted by Crippen LogP contribution is 2.22. The van der Waals surface area contributed by atoms with Crippen molar-refractivity contribution in [2.75, 3.05) is 18.4 Å². The lowest BCUT2D eigenvalue weighted by atomic mass is 10.1. The first-order chi connectivity index (χ1) is 13.9. The molecule has 0 saturated carbocycles. The van der Waals surface area contributed by atoms with Gasteiger partial charge in [-0.15, -0.1) is 0 Å². The summed E-state index contributed by atoms with van der Waals surface area (Å²) in [7, 11) is 0. The Labute approximate surface area is 167 Å². The van der Waals surface area contributed by atoms with Crippen LogP contribution in [0.2, 0.25) is 0 Å².